The third-order valence-corrected chi connectivity index (χ3v) is 2.31. The highest BCUT2D eigenvalue weighted by atomic mass is 79.9. The smallest absolute Gasteiger partial charge is 0.305 e. The second-order valence-corrected chi connectivity index (χ2v) is 3.95. The Morgan fingerprint density at radius 1 is 1.60 bits per heavy atom. The van der Waals surface area contributed by atoms with E-state index in [1.54, 1.807) is 0 Å². The minimum absolute atomic E-state index is 0.0734. The first-order chi connectivity index (χ1) is 6.91. The quantitative estimate of drug-likeness (QED) is 0.786. The van der Waals surface area contributed by atoms with Crippen LogP contribution in [0.15, 0.2) is 16.6 Å². The van der Waals surface area contributed by atoms with Crippen LogP contribution in [0.1, 0.15) is 18.0 Å². The van der Waals surface area contributed by atoms with Crippen molar-refractivity contribution in [1.82, 2.24) is 0 Å². The summed E-state index contributed by atoms with van der Waals surface area (Å²) in [5, 5.41) is 17.8. The maximum absolute atomic E-state index is 13.1. The highest BCUT2D eigenvalue weighted by molar-refractivity contribution is 9.10. The van der Waals surface area contributed by atoms with E-state index >= 15 is 0 Å². The van der Waals surface area contributed by atoms with Crippen molar-refractivity contribution >= 4 is 21.9 Å². The molecule has 0 amide bonds. The van der Waals surface area contributed by atoms with Crippen LogP contribution in [-0.2, 0) is 4.79 Å². The third-order valence-electron chi connectivity index (χ3n) is 1.85. The molecule has 0 saturated carbocycles. The van der Waals surface area contributed by atoms with E-state index in [9.17, 15) is 14.3 Å². The summed E-state index contributed by atoms with van der Waals surface area (Å²) < 4.78 is 13.5. The van der Waals surface area contributed by atoms with Gasteiger partial charge in [0, 0.05) is 16.1 Å². The lowest BCUT2D eigenvalue weighted by Crippen LogP contribution is -2.15. The number of carboxylic acid groups (broad SMARTS) is 1. The molecule has 1 atom stereocenters. The molecule has 1 rings (SSSR count). The van der Waals surface area contributed by atoms with Gasteiger partial charge in [-0.1, -0.05) is 15.9 Å². The Hall–Kier alpha value is -1.14. The highest BCUT2D eigenvalue weighted by Gasteiger charge is 2.17. The van der Waals surface area contributed by atoms with Crippen LogP contribution in [0.2, 0.25) is 0 Å². The van der Waals surface area contributed by atoms with Gasteiger partial charge in [0.15, 0.2) is 11.6 Å². The van der Waals surface area contributed by atoms with Crippen molar-refractivity contribution in [2.45, 2.75) is 12.5 Å². The Morgan fingerprint density at radius 3 is 2.73 bits per heavy atom. The number of nitrogens with two attached hydrogens (primary N) is 1. The second kappa shape index (κ2) is 4.59. The standard InChI is InChI=1S/C9H9BrFNO3/c10-4-1-5(7(12)3-8(13)14)9(15)6(11)2-4/h1-2,7,15H,3,12H2,(H,13,14). The summed E-state index contributed by atoms with van der Waals surface area (Å²) in [5.74, 6) is -2.55. The van der Waals surface area contributed by atoms with Gasteiger partial charge >= 0.3 is 5.97 Å². The van der Waals surface area contributed by atoms with Gasteiger partial charge in [-0.05, 0) is 12.1 Å². The highest BCUT2D eigenvalue weighted by Crippen LogP contribution is 2.30. The first kappa shape index (κ1) is 11.9. The summed E-state index contributed by atoms with van der Waals surface area (Å²) in [4.78, 5) is 10.4. The molecule has 0 aliphatic rings. The van der Waals surface area contributed by atoms with Gasteiger partial charge in [0.25, 0.3) is 0 Å². The number of phenolic OH excluding ortho intramolecular Hbond substituents is 1. The number of phenols is 1. The number of rotatable bonds is 3. The van der Waals surface area contributed by atoms with Gasteiger partial charge in [0.1, 0.15) is 0 Å². The fraction of sp³-hybridized carbons (Fsp3) is 0.222. The van der Waals surface area contributed by atoms with E-state index in [-0.39, 0.29) is 12.0 Å². The van der Waals surface area contributed by atoms with Crippen LogP contribution in [0.25, 0.3) is 0 Å². The van der Waals surface area contributed by atoms with Crippen molar-refractivity contribution in [2.75, 3.05) is 0 Å². The minimum Gasteiger partial charge on any atom is -0.505 e. The molecule has 15 heavy (non-hydrogen) atoms. The molecule has 0 bridgehead atoms. The van der Waals surface area contributed by atoms with E-state index in [4.69, 9.17) is 10.8 Å². The number of aliphatic carboxylic acids is 1. The van der Waals surface area contributed by atoms with Crippen molar-refractivity contribution in [3.63, 3.8) is 0 Å². The van der Waals surface area contributed by atoms with E-state index in [0.29, 0.717) is 4.47 Å². The van der Waals surface area contributed by atoms with E-state index in [1.165, 1.54) is 6.07 Å². The van der Waals surface area contributed by atoms with E-state index < -0.39 is 23.6 Å². The molecule has 0 aliphatic heterocycles. The number of aromatic hydroxyl groups is 1. The molecule has 0 aromatic heterocycles. The van der Waals surface area contributed by atoms with Gasteiger partial charge in [0.05, 0.1) is 6.42 Å². The molecule has 6 heteroatoms. The monoisotopic (exact) mass is 277 g/mol. The van der Waals surface area contributed by atoms with E-state index in [0.717, 1.165) is 6.07 Å². The van der Waals surface area contributed by atoms with Crippen LogP contribution in [0.4, 0.5) is 4.39 Å². The molecule has 0 radical (unpaired) electrons. The van der Waals surface area contributed by atoms with Crippen LogP contribution in [-0.4, -0.2) is 16.2 Å². The zero-order valence-corrected chi connectivity index (χ0v) is 9.16. The molecule has 0 spiro atoms. The SMILES string of the molecule is NC(CC(=O)O)c1cc(Br)cc(F)c1O. The first-order valence-corrected chi connectivity index (χ1v) is 4.86. The Labute approximate surface area is 93.6 Å². The molecule has 1 aromatic rings. The summed E-state index contributed by atoms with van der Waals surface area (Å²) in [6.07, 6.45) is -0.372. The Kier molecular flexibility index (Phi) is 3.65. The van der Waals surface area contributed by atoms with Crippen molar-refractivity contribution < 1.29 is 19.4 Å². The predicted molar refractivity (Wildman–Crippen MR) is 54.9 cm³/mol. The molecule has 1 unspecified atom stereocenters. The van der Waals surface area contributed by atoms with Crippen LogP contribution in [0.5, 0.6) is 5.75 Å². The Bertz CT molecular complexity index is 397. The molecule has 4 nitrogen and oxygen atoms in total. The summed E-state index contributed by atoms with van der Waals surface area (Å²) >= 11 is 3.03. The van der Waals surface area contributed by atoms with E-state index in [1.807, 2.05) is 0 Å². The lowest BCUT2D eigenvalue weighted by molar-refractivity contribution is -0.137. The van der Waals surface area contributed by atoms with Crippen LogP contribution >= 0.6 is 15.9 Å². The van der Waals surface area contributed by atoms with Crippen LogP contribution in [0, 0.1) is 5.82 Å². The molecule has 1 aromatic carbocycles. The number of benzene rings is 1. The lowest BCUT2D eigenvalue weighted by atomic mass is 10.0. The Morgan fingerprint density at radius 2 is 2.20 bits per heavy atom. The second-order valence-electron chi connectivity index (χ2n) is 3.03. The van der Waals surface area contributed by atoms with Crippen molar-refractivity contribution in [2.24, 2.45) is 5.73 Å². The van der Waals surface area contributed by atoms with Gasteiger partial charge < -0.3 is 15.9 Å². The van der Waals surface area contributed by atoms with E-state index in [2.05, 4.69) is 15.9 Å². The average Bonchev–Trinajstić information content (AvgIpc) is 2.09. The van der Waals surface area contributed by atoms with Crippen molar-refractivity contribution in [3.8, 4) is 5.75 Å². The average molecular weight is 278 g/mol. The fourth-order valence-electron chi connectivity index (χ4n) is 1.17. The maximum Gasteiger partial charge on any atom is 0.305 e. The molecule has 0 saturated heterocycles. The first-order valence-electron chi connectivity index (χ1n) is 4.07. The predicted octanol–water partition coefficient (Wildman–Crippen LogP) is 1.77. The number of halogens is 2. The summed E-state index contributed by atoms with van der Waals surface area (Å²) in [5.41, 5.74) is 5.58. The number of hydrogen-bond acceptors (Lipinski definition) is 3. The summed E-state index contributed by atoms with van der Waals surface area (Å²) in [7, 11) is 0. The van der Waals surface area contributed by atoms with Crippen LogP contribution in [0.3, 0.4) is 0 Å². The zero-order valence-electron chi connectivity index (χ0n) is 7.58. The molecule has 0 aliphatic carbocycles. The van der Waals surface area contributed by atoms with Gasteiger partial charge in [-0.3, -0.25) is 4.79 Å². The zero-order chi connectivity index (χ0) is 11.6. The van der Waals surface area contributed by atoms with Gasteiger partial charge in [-0.15, -0.1) is 0 Å². The van der Waals surface area contributed by atoms with Crippen molar-refractivity contribution in [1.29, 1.82) is 0 Å². The van der Waals surface area contributed by atoms with Gasteiger partial charge in [-0.25, -0.2) is 4.39 Å². The third kappa shape index (κ3) is 2.90. The molecule has 82 valence electrons. The topological polar surface area (TPSA) is 83.6 Å². The number of carboxylic acids is 1. The summed E-state index contributed by atoms with van der Waals surface area (Å²) in [6, 6.07) is 1.53. The maximum atomic E-state index is 13.1. The summed E-state index contributed by atoms with van der Waals surface area (Å²) in [6.45, 7) is 0. The number of hydrogen-bond donors (Lipinski definition) is 3. The molecule has 4 N–H and O–H groups in total. The largest absolute Gasteiger partial charge is 0.505 e. The lowest BCUT2D eigenvalue weighted by Gasteiger charge is -2.12. The molecule has 0 fully saturated rings. The normalized spacial score (nSPS) is 12.5. The fourth-order valence-corrected chi connectivity index (χ4v) is 1.61. The van der Waals surface area contributed by atoms with Crippen molar-refractivity contribution in [3.05, 3.63) is 28.0 Å². The van der Waals surface area contributed by atoms with Gasteiger partial charge in [0.2, 0.25) is 0 Å². The Balaban J connectivity index is 3.07. The molecule has 0 heterocycles. The molecular formula is C9H9BrFNO3. The number of carbonyl (C=O) groups is 1. The van der Waals surface area contributed by atoms with Crippen LogP contribution < -0.4 is 5.73 Å². The minimum atomic E-state index is -1.11. The van der Waals surface area contributed by atoms with Gasteiger partial charge in [-0.2, -0.15) is 0 Å². The molecular weight excluding hydrogens is 269 g/mol.